The third-order valence-corrected chi connectivity index (χ3v) is 6.75. The molecule has 2 aromatic rings. The molecule has 2 saturated heterocycles. The molecule has 7 heteroatoms. The molecule has 1 atom stereocenters. The van der Waals surface area contributed by atoms with Gasteiger partial charge in [0.2, 0.25) is 11.8 Å². The van der Waals surface area contributed by atoms with Gasteiger partial charge in [-0.05, 0) is 37.3 Å². The minimum Gasteiger partial charge on any atom is -0.342 e. The molecule has 0 bridgehead atoms. The molecule has 164 valence electrons. The van der Waals surface area contributed by atoms with Crippen molar-refractivity contribution in [2.24, 2.45) is 5.41 Å². The predicted octanol–water partition coefficient (Wildman–Crippen LogP) is 3.19. The van der Waals surface area contributed by atoms with E-state index in [0.29, 0.717) is 38.0 Å². The molecule has 0 N–H and O–H groups in total. The van der Waals surface area contributed by atoms with Crippen molar-refractivity contribution < 1.29 is 14.0 Å². The Bertz CT molecular complexity index is 928. The summed E-state index contributed by atoms with van der Waals surface area (Å²) in [5, 5.41) is 0. The summed E-state index contributed by atoms with van der Waals surface area (Å²) in [6.07, 6.45) is 8.43. The van der Waals surface area contributed by atoms with Gasteiger partial charge >= 0.3 is 0 Å². The van der Waals surface area contributed by atoms with Crippen molar-refractivity contribution in [2.45, 2.75) is 44.9 Å². The van der Waals surface area contributed by atoms with E-state index in [9.17, 15) is 14.0 Å². The fraction of sp³-hybridized carbons (Fsp3) is 0.500. The lowest BCUT2D eigenvalue weighted by Crippen LogP contribution is -2.52. The Morgan fingerprint density at radius 3 is 2.61 bits per heavy atom. The van der Waals surface area contributed by atoms with Crippen LogP contribution in [-0.4, -0.2) is 57.8 Å². The van der Waals surface area contributed by atoms with Crippen molar-refractivity contribution in [2.75, 3.05) is 26.2 Å². The van der Waals surface area contributed by atoms with Gasteiger partial charge in [-0.1, -0.05) is 25.1 Å². The van der Waals surface area contributed by atoms with E-state index in [1.165, 1.54) is 6.07 Å². The number of piperidine rings is 2. The average Bonchev–Trinajstić information content (AvgIpc) is 2.81. The van der Waals surface area contributed by atoms with Gasteiger partial charge in [0.15, 0.2) is 0 Å². The van der Waals surface area contributed by atoms with Crippen molar-refractivity contribution in [1.29, 1.82) is 0 Å². The molecule has 2 fully saturated rings. The highest BCUT2D eigenvalue weighted by Crippen LogP contribution is 2.36. The highest BCUT2D eigenvalue weighted by Gasteiger charge is 2.41. The zero-order chi connectivity index (χ0) is 21.8. The van der Waals surface area contributed by atoms with E-state index in [-0.39, 0.29) is 30.0 Å². The van der Waals surface area contributed by atoms with E-state index in [2.05, 4.69) is 9.97 Å². The maximum Gasteiger partial charge on any atom is 0.228 e. The molecule has 1 aromatic heterocycles. The number of carbonyl (C=O) groups excluding carboxylic acids is 2. The fourth-order valence-electron chi connectivity index (χ4n) is 4.69. The Balaban J connectivity index is 1.35. The Hall–Kier alpha value is -2.83. The Labute approximate surface area is 182 Å². The molecule has 3 heterocycles. The zero-order valence-corrected chi connectivity index (χ0v) is 18.0. The first-order valence-corrected chi connectivity index (χ1v) is 11.0. The molecular formula is C24H29FN4O2. The van der Waals surface area contributed by atoms with Crippen LogP contribution in [0.5, 0.6) is 0 Å². The van der Waals surface area contributed by atoms with Gasteiger partial charge in [0.05, 0.1) is 12.1 Å². The topological polar surface area (TPSA) is 66.4 Å². The smallest absolute Gasteiger partial charge is 0.228 e. The number of hydrogen-bond acceptors (Lipinski definition) is 4. The van der Waals surface area contributed by atoms with Crippen LogP contribution in [0.2, 0.25) is 0 Å². The van der Waals surface area contributed by atoms with Crippen LogP contribution in [0.4, 0.5) is 4.39 Å². The molecule has 0 saturated carbocycles. The third kappa shape index (κ3) is 4.75. The standard InChI is InChI=1S/C24H29FN4O2/c1-24(23(31)29-12-4-6-19(17-29)21-16-26-10-11-27-21)8-13-28(14-9-24)22(30)15-18-5-2-3-7-20(18)25/h2-3,5,7,10-11,16,19H,4,6,8-9,12-15,17H2,1H3. The molecular weight excluding hydrogens is 395 g/mol. The third-order valence-electron chi connectivity index (χ3n) is 6.75. The number of hydrogen-bond donors (Lipinski definition) is 0. The van der Waals surface area contributed by atoms with Crippen LogP contribution < -0.4 is 0 Å². The molecule has 31 heavy (non-hydrogen) atoms. The van der Waals surface area contributed by atoms with Gasteiger partial charge in [0, 0.05) is 56.1 Å². The molecule has 1 unspecified atom stereocenters. The van der Waals surface area contributed by atoms with Crippen molar-refractivity contribution in [3.63, 3.8) is 0 Å². The van der Waals surface area contributed by atoms with Crippen LogP contribution in [0.15, 0.2) is 42.9 Å². The largest absolute Gasteiger partial charge is 0.342 e. The van der Waals surface area contributed by atoms with Gasteiger partial charge in [-0.2, -0.15) is 0 Å². The highest BCUT2D eigenvalue weighted by atomic mass is 19.1. The second-order valence-electron chi connectivity index (χ2n) is 8.93. The predicted molar refractivity (Wildman–Crippen MR) is 115 cm³/mol. The van der Waals surface area contributed by atoms with Crippen LogP contribution in [0, 0.1) is 11.2 Å². The summed E-state index contributed by atoms with van der Waals surface area (Å²) in [5.74, 6) is -0.0457. The normalized spacial score (nSPS) is 21.0. The number of amides is 2. The summed E-state index contributed by atoms with van der Waals surface area (Å²) in [5.41, 5.74) is 0.887. The maximum absolute atomic E-state index is 13.9. The average molecular weight is 425 g/mol. The van der Waals surface area contributed by atoms with Gasteiger partial charge in [0.1, 0.15) is 5.82 Å². The summed E-state index contributed by atoms with van der Waals surface area (Å²) in [4.78, 5) is 38.4. The Morgan fingerprint density at radius 2 is 1.90 bits per heavy atom. The molecule has 0 aliphatic carbocycles. The number of carbonyl (C=O) groups is 2. The number of halogens is 1. The first kappa shape index (κ1) is 21.4. The maximum atomic E-state index is 13.9. The zero-order valence-electron chi connectivity index (χ0n) is 18.0. The van der Waals surface area contributed by atoms with E-state index < -0.39 is 5.41 Å². The lowest BCUT2D eigenvalue weighted by molar-refractivity contribution is -0.148. The quantitative estimate of drug-likeness (QED) is 0.756. The summed E-state index contributed by atoms with van der Waals surface area (Å²) in [6, 6.07) is 6.39. The highest BCUT2D eigenvalue weighted by molar-refractivity contribution is 5.84. The molecule has 0 radical (unpaired) electrons. The fourth-order valence-corrected chi connectivity index (χ4v) is 4.69. The number of aromatic nitrogens is 2. The van der Waals surface area contributed by atoms with Gasteiger partial charge in [-0.3, -0.25) is 19.6 Å². The molecule has 2 aliphatic rings. The summed E-state index contributed by atoms with van der Waals surface area (Å²) >= 11 is 0. The van der Waals surface area contributed by atoms with Crippen molar-refractivity contribution in [1.82, 2.24) is 19.8 Å². The van der Waals surface area contributed by atoms with E-state index in [1.807, 2.05) is 11.8 Å². The first-order valence-electron chi connectivity index (χ1n) is 11.0. The SMILES string of the molecule is CC1(C(=O)N2CCCC(c3cnccn3)C2)CCN(C(=O)Cc2ccccc2F)CC1. The van der Waals surface area contributed by atoms with Gasteiger partial charge in [0.25, 0.3) is 0 Å². The summed E-state index contributed by atoms with van der Waals surface area (Å²) in [7, 11) is 0. The Morgan fingerprint density at radius 1 is 1.13 bits per heavy atom. The molecule has 0 spiro atoms. The number of nitrogens with zero attached hydrogens (tertiary/aromatic N) is 4. The monoisotopic (exact) mass is 424 g/mol. The number of rotatable bonds is 4. The van der Waals surface area contributed by atoms with Crippen LogP contribution in [-0.2, 0) is 16.0 Å². The lowest BCUT2D eigenvalue weighted by atomic mass is 9.78. The molecule has 2 aliphatic heterocycles. The van der Waals surface area contributed by atoms with E-state index in [4.69, 9.17) is 0 Å². The van der Waals surface area contributed by atoms with Crippen LogP contribution >= 0.6 is 0 Å². The summed E-state index contributed by atoms with van der Waals surface area (Å²) in [6.45, 7) is 4.50. The second-order valence-corrected chi connectivity index (χ2v) is 8.93. The van der Waals surface area contributed by atoms with Gasteiger partial charge in [-0.25, -0.2) is 4.39 Å². The van der Waals surface area contributed by atoms with Gasteiger partial charge < -0.3 is 9.80 Å². The van der Waals surface area contributed by atoms with Crippen LogP contribution in [0.3, 0.4) is 0 Å². The van der Waals surface area contributed by atoms with Crippen molar-refractivity contribution in [3.8, 4) is 0 Å². The van der Waals surface area contributed by atoms with Crippen LogP contribution in [0.1, 0.15) is 49.8 Å². The number of likely N-dealkylation sites (tertiary alicyclic amines) is 2. The minimum absolute atomic E-state index is 0.0588. The first-order chi connectivity index (χ1) is 15.0. The van der Waals surface area contributed by atoms with Gasteiger partial charge in [-0.15, -0.1) is 0 Å². The lowest BCUT2D eigenvalue weighted by Gasteiger charge is -2.43. The molecule has 6 nitrogen and oxygen atoms in total. The number of benzene rings is 1. The molecule has 2 amide bonds. The van der Waals surface area contributed by atoms with E-state index >= 15 is 0 Å². The second kappa shape index (κ2) is 9.12. The molecule has 1 aromatic carbocycles. The minimum atomic E-state index is -0.473. The van der Waals surface area contributed by atoms with E-state index in [1.54, 1.807) is 41.7 Å². The van der Waals surface area contributed by atoms with Crippen LogP contribution in [0.25, 0.3) is 0 Å². The Kier molecular flexibility index (Phi) is 6.30. The summed E-state index contributed by atoms with van der Waals surface area (Å²) < 4.78 is 13.9. The van der Waals surface area contributed by atoms with E-state index in [0.717, 1.165) is 25.1 Å². The molecule has 4 rings (SSSR count). The van der Waals surface area contributed by atoms with Crippen molar-refractivity contribution >= 4 is 11.8 Å². The van der Waals surface area contributed by atoms with Crippen molar-refractivity contribution in [3.05, 3.63) is 59.9 Å².